The lowest BCUT2D eigenvalue weighted by atomic mass is 9.91. The van der Waals surface area contributed by atoms with Crippen molar-refractivity contribution < 1.29 is 4.79 Å². The fourth-order valence-electron chi connectivity index (χ4n) is 3.45. The van der Waals surface area contributed by atoms with Crippen LogP contribution in [0.3, 0.4) is 0 Å². The van der Waals surface area contributed by atoms with Gasteiger partial charge in [-0.1, -0.05) is 12.1 Å². The molecule has 0 atom stereocenters. The van der Waals surface area contributed by atoms with E-state index in [1.54, 1.807) is 6.07 Å². The van der Waals surface area contributed by atoms with Crippen LogP contribution in [0.5, 0.6) is 0 Å². The van der Waals surface area contributed by atoms with Crippen molar-refractivity contribution in [3.8, 4) is 11.3 Å². The monoisotopic (exact) mass is 320 g/mol. The number of rotatable bonds is 3. The first kappa shape index (κ1) is 14.9. The molecule has 0 unspecified atom stereocenters. The third-order valence-electron chi connectivity index (χ3n) is 4.79. The molecule has 5 nitrogen and oxygen atoms in total. The van der Waals surface area contributed by atoms with Gasteiger partial charge in [0, 0.05) is 17.3 Å². The highest BCUT2D eigenvalue weighted by Gasteiger charge is 2.16. The number of carbonyl (C=O) groups is 1. The molecule has 4 rings (SSSR count). The number of benzene rings is 1. The van der Waals surface area contributed by atoms with Gasteiger partial charge in [-0.15, -0.1) is 0 Å². The highest BCUT2D eigenvalue weighted by molar-refractivity contribution is 5.94. The minimum atomic E-state index is -0.418. The van der Waals surface area contributed by atoms with Gasteiger partial charge >= 0.3 is 0 Å². The van der Waals surface area contributed by atoms with Gasteiger partial charge in [-0.25, -0.2) is 4.98 Å². The summed E-state index contributed by atoms with van der Waals surface area (Å²) in [5, 5.41) is 3.40. The van der Waals surface area contributed by atoms with Gasteiger partial charge in [-0.3, -0.25) is 9.20 Å². The predicted octanol–water partition coefficient (Wildman–Crippen LogP) is 2.57. The Kier molecular flexibility index (Phi) is 3.78. The molecular formula is C19H20N4O. The zero-order valence-corrected chi connectivity index (χ0v) is 13.4. The van der Waals surface area contributed by atoms with Crippen molar-refractivity contribution in [2.75, 3.05) is 13.1 Å². The number of imidazole rings is 1. The van der Waals surface area contributed by atoms with Gasteiger partial charge in [0.2, 0.25) is 5.91 Å². The van der Waals surface area contributed by atoms with E-state index < -0.39 is 5.91 Å². The van der Waals surface area contributed by atoms with E-state index in [1.165, 1.54) is 18.4 Å². The first-order chi connectivity index (χ1) is 11.7. The minimum absolute atomic E-state index is 0.418. The third kappa shape index (κ3) is 2.67. The van der Waals surface area contributed by atoms with E-state index in [0.717, 1.165) is 30.0 Å². The average Bonchev–Trinajstić information content (AvgIpc) is 3.05. The lowest BCUT2D eigenvalue weighted by molar-refractivity contribution is 0.100. The second kappa shape index (κ2) is 6.09. The Morgan fingerprint density at radius 1 is 1.21 bits per heavy atom. The molecule has 24 heavy (non-hydrogen) atoms. The summed E-state index contributed by atoms with van der Waals surface area (Å²) in [6, 6.07) is 11.7. The Balaban J connectivity index is 1.73. The molecular weight excluding hydrogens is 300 g/mol. The second-order valence-electron chi connectivity index (χ2n) is 6.30. The number of primary amides is 1. The standard InChI is InChI=1S/C19H20N4O/c20-19(24)16-3-1-2-15(10-16)17-12-22-18-11-14(6-9-23(17)18)13-4-7-21-8-5-13/h1-3,6,9-13,21H,4-5,7-8H2,(H2,20,24). The highest BCUT2D eigenvalue weighted by atomic mass is 16.1. The molecule has 0 radical (unpaired) electrons. The molecule has 3 aromatic rings. The first-order valence-corrected chi connectivity index (χ1v) is 8.30. The van der Waals surface area contributed by atoms with Crippen molar-refractivity contribution in [2.45, 2.75) is 18.8 Å². The summed E-state index contributed by atoms with van der Waals surface area (Å²) in [7, 11) is 0. The fraction of sp³-hybridized carbons (Fsp3) is 0.263. The van der Waals surface area contributed by atoms with Crippen molar-refractivity contribution in [2.24, 2.45) is 5.73 Å². The lowest BCUT2D eigenvalue weighted by Gasteiger charge is -2.23. The molecule has 1 amide bonds. The number of amides is 1. The molecule has 3 heterocycles. The van der Waals surface area contributed by atoms with Crippen molar-refractivity contribution in [3.05, 3.63) is 59.9 Å². The van der Waals surface area contributed by atoms with Gasteiger partial charge in [0.15, 0.2) is 0 Å². The molecule has 2 aromatic heterocycles. The van der Waals surface area contributed by atoms with Gasteiger partial charge in [0.05, 0.1) is 11.9 Å². The summed E-state index contributed by atoms with van der Waals surface area (Å²) < 4.78 is 2.06. The van der Waals surface area contributed by atoms with E-state index in [1.807, 2.05) is 24.4 Å². The molecule has 1 aliphatic heterocycles. The van der Waals surface area contributed by atoms with Crippen LogP contribution in [0.1, 0.15) is 34.7 Å². The molecule has 0 bridgehead atoms. The van der Waals surface area contributed by atoms with Crippen molar-refractivity contribution >= 4 is 11.6 Å². The van der Waals surface area contributed by atoms with E-state index in [9.17, 15) is 4.79 Å². The van der Waals surface area contributed by atoms with Gasteiger partial charge < -0.3 is 11.1 Å². The van der Waals surface area contributed by atoms with E-state index >= 15 is 0 Å². The first-order valence-electron chi connectivity index (χ1n) is 8.30. The largest absolute Gasteiger partial charge is 0.366 e. The summed E-state index contributed by atoms with van der Waals surface area (Å²) in [6.45, 7) is 2.16. The molecule has 1 fully saturated rings. The average molecular weight is 320 g/mol. The number of hydrogen-bond donors (Lipinski definition) is 2. The maximum atomic E-state index is 11.4. The van der Waals surface area contributed by atoms with Crippen molar-refractivity contribution in [3.63, 3.8) is 0 Å². The van der Waals surface area contributed by atoms with Crippen molar-refractivity contribution in [1.82, 2.24) is 14.7 Å². The van der Waals surface area contributed by atoms with Gasteiger partial charge in [-0.2, -0.15) is 0 Å². The molecule has 1 aliphatic rings. The predicted molar refractivity (Wildman–Crippen MR) is 94.0 cm³/mol. The van der Waals surface area contributed by atoms with Crippen LogP contribution in [0.25, 0.3) is 16.9 Å². The van der Waals surface area contributed by atoms with E-state index in [0.29, 0.717) is 11.5 Å². The third-order valence-corrected chi connectivity index (χ3v) is 4.79. The Labute approximate surface area is 140 Å². The number of nitrogens with zero attached hydrogens (tertiary/aromatic N) is 2. The molecule has 0 aliphatic carbocycles. The van der Waals surface area contributed by atoms with Crippen LogP contribution in [0, 0.1) is 0 Å². The van der Waals surface area contributed by atoms with Crippen molar-refractivity contribution in [1.29, 1.82) is 0 Å². The molecule has 1 aromatic carbocycles. The zero-order valence-electron chi connectivity index (χ0n) is 13.4. The number of nitrogens with one attached hydrogen (secondary N) is 1. The van der Waals surface area contributed by atoms with Crippen LogP contribution < -0.4 is 11.1 Å². The van der Waals surface area contributed by atoms with Crippen LogP contribution in [0.4, 0.5) is 0 Å². The summed E-state index contributed by atoms with van der Waals surface area (Å²) in [5.41, 5.74) is 10.1. The van der Waals surface area contributed by atoms with Crippen LogP contribution in [-0.2, 0) is 0 Å². The fourth-order valence-corrected chi connectivity index (χ4v) is 3.45. The summed E-state index contributed by atoms with van der Waals surface area (Å²) in [5.74, 6) is 0.188. The molecule has 0 saturated carbocycles. The van der Waals surface area contributed by atoms with Crippen LogP contribution in [-0.4, -0.2) is 28.4 Å². The Morgan fingerprint density at radius 3 is 2.83 bits per heavy atom. The molecule has 3 N–H and O–H groups in total. The molecule has 1 saturated heterocycles. The Bertz CT molecular complexity index is 893. The SMILES string of the molecule is NC(=O)c1cccc(-c2cnc3cc(C4CCNCC4)ccn23)c1. The summed E-state index contributed by atoms with van der Waals surface area (Å²) in [6.07, 6.45) is 6.27. The smallest absolute Gasteiger partial charge is 0.248 e. The zero-order chi connectivity index (χ0) is 16.5. The Morgan fingerprint density at radius 2 is 2.04 bits per heavy atom. The topological polar surface area (TPSA) is 72.4 Å². The number of fused-ring (bicyclic) bond motifs is 1. The lowest BCUT2D eigenvalue weighted by Crippen LogP contribution is -2.26. The number of carbonyl (C=O) groups excluding carboxylic acids is 1. The summed E-state index contributed by atoms with van der Waals surface area (Å²) >= 11 is 0. The minimum Gasteiger partial charge on any atom is -0.366 e. The van der Waals surface area contributed by atoms with Gasteiger partial charge in [-0.05, 0) is 61.7 Å². The maximum absolute atomic E-state index is 11.4. The summed E-state index contributed by atoms with van der Waals surface area (Å²) in [4.78, 5) is 16.0. The quantitative estimate of drug-likeness (QED) is 0.779. The van der Waals surface area contributed by atoms with E-state index in [-0.39, 0.29) is 0 Å². The van der Waals surface area contributed by atoms with E-state index in [4.69, 9.17) is 5.73 Å². The Hall–Kier alpha value is -2.66. The highest BCUT2D eigenvalue weighted by Crippen LogP contribution is 2.28. The normalized spacial score (nSPS) is 15.7. The van der Waals surface area contributed by atoms with Crippen LogP contribution in [0.15, 0.2) is 48.8 Å². The molecule has 5 heteroatoms. The number of piperidine rings is 1. The molecule has 0 spiro atoms. The van der Waals surface area contributed by atoms with Crippen LogP contribution in [0.2, 0.25) is 0 Å². The van der Waals surface area contributed by atoms with E-state index in [2.05, 4.69) is 33.0 Å². The van der Waals surface area contributed by atoms with Gasteiger partial charge in [0.1, 0.15) is 5.65 Å². The second-order valence-corrected chi connectivity index (χ2v) is 6.30. The number of pyridine rings is 1. The number of nitrogens with two attached hydrogens (primary N) is 1. The number of aromatic nitrogens is 2. The van der Waals surface area contributed by atoms with Gasteiger partial charge in [0.25, 0.3) is 0 Å². The molecule has 122 valence electrons. The number of hydrogen-bond acceptors (Lipinski definition) is 3. The maximum Gasteiger partial charge on any atom is 0.248 e. The van der Waals surface area contributed by atoms with Crippen LogP contribution >= 0.6 is 0 Å².